The summed E-state index contributed by atoms with van der Waals surface area (Å²) in [5, 5.41) is 11.1. The first-order chi connectivity index (χ1) is 15.9. The normalized spacial score (nSPS) is 15.0. The molecule has 2 N–H and O–H groups in total. The fourth-order valence-corrected chi connectivity index (χ4v) is 4.14. The number of rotatable bonds is 4. The zero-order chi connectivity index (χ0) is 23.0. The standard InChI is InChI=1S/C25H21F3N5/c1-33-12-9-16(10-13-33)19-4-2-6-21(25(26,27)28)23(19)20-5-3-11-29-24(20)31-18-8-7-17-15-30-32-22(17)14-18/h3-9,11,14-15H,10,12-13H2,1H3,(H,29,31)(H,30,32). The zero-order valence-electron chi connectivity index (χ0n) is 17.9. The Morgan fingerprint density at radius 3 is 2.82 bits per heavy atom. The lowest BCUT2D eigenvalue weighted by Gasteiger charge is -2.25. The van der Waals surface area contributed by atoms with E-state index in [4.69, 9.17) is 0 Å². The molecule has 0 fully saturated rings. The Labute approximate surface area is 189 Å². The van der Waals surface area contributed by atoms with Crippen LogP contribution >= 0.6 is 0 Å². The maximum atomic E-state index is 14.1. The van der Waals surface area contributed by atoms with Crippen LogP contribution < -0.4 is 5.32 Å². The SMILES string of the molecule is CN1CC=C(c2c[c]cc(C(F)(F)F)c2-c2cccnc2Nc2ccc3cn[nH]c3c2)CC1. The van der Waals surface area contributed by atoms with Gasteiger partial charge in [-0.1, -0.05) is 6.08 Å². The topological polar surface area (TPSA) is 56.8 Å². The van der Waals surface area contributed by atoms with Crippen molar-refractivity contribution in [3.63, 3.8) is 0 Å². The molecule has 0 aliphatic carbocycles. The third-order valence-corrected chi connectivity index (χ3v) is 5.84. The van der Waals surface area contributed by atoms with E-state index in [1.54, 1.807) is 30.6 Å². The molecule has 0 spiro atoms. The van der Waals surface area contributed by atoms with Crippen LogP contribution in [0, 0.1) is 6.07 Å². The molecule has 8 heteroatoms. The third kappa shape index (κ3) is 4.21. The number of alkyl halides is 3. The van der Waals surface area contributed by atoms with Gasteiger partial charge in [-0.2, -0.15) is 18.3 Å². The second kappa shape index (κ2) is 8.37. The van der Waals surface area contributed by atoms with Gasteiger partial charge in [0, 0.05) is 41.5 Å². The largest absolute Gasteiger partial charge is 0.417 e. The second-order valence-corrected chi connectivity index (χ2v) is 8.09. The minimum atomic E-state index is -4.53. The molecule has 1 aliphatic heterocycles. The van der Waals surface area contributed by atoms with Gasteiger partial charge < -0.3 is 10.2 Å². The summed E-state index contributed by atoms with van der Waals surface area (Å²) in [6, 6.07) is 14.3. The summed E-state index contributed by atoms with van der Waals surface area (Å²) in [5.41, 5.74) is 2.73. The van der Waals surface area contributed by atoms with Crippen LogP contribution in [0.1, 0.15) is 17.5 Å². The molecule has 0 saturated heterocycles. The number of nitrogens with one attached hydrogen (secondary N) is 2. The maximum absolute atomic E-state index is 14.1. The van der Waals surface area contributed by atoms with Gasteiger partial charge in [-0.3, -0.25) is 5.10 Å². The van der Waals surface area contributed by atoms with E-state index in [1.807, 2.05) is 31.3 Å². The van der Waals surface area contributed by atoms with Crippen LogP contribution in [0.15, 0.2) is 60.9 Å². The number of H-pyrrole nitrogens is 1. The highest BCUT2D eigenvalue weighted by molar-refractivity contribution is 5.90. The number of likely N-dealkylation sites (N-methyl/N-ethyl adjacent to an activating group) is 1. The summed E-state index contributed by atoms with van der Waals surface area (Å²) in [6.07, 6.45) is 1.40. The Bertz CT molecular complexity index is 1340. The Morgan fingerprint density at radius 2 is 2.03 bits per heavy atom. The van der Waals surface area contributed by atoms with Gasteiger partial charge in [-0.25, -0.2) is 4.98 Å². The molecular formula is C25H21F3N5. The molecule has 0 bridgehead atoms. The molecular weight excluding hydrogens is 427 g/mol. The Morgan fingerprint density at radius 1 is 1.15 bits per heavy atom. The van der Waals surface area contributed by atoms with Crippen molar-refractivity contribution in [1.82, 2.24) is 20.1 Å². The summed E-state index contributed by atoms with van der Waals surface area (Å²) in [4.78, 5) is 6.53. The van der Waals surface area contributed by atoms with Gasteiger partial charge in [-0.15, -0.1) is 0 Å². The molecule has 2 aromatic carbocycles. The van der Waals surface area contributed by atoms with Crippen LogP contribution in [0.2, 0.25) is 0 Å². The van der Waals surface area contributed by atoms with Crippen LogP contribution in [-0.2, 0) is 6.18 Å². The zero-order valence-corrected chi connectivity index (χ0v) is 17.9. The summed E-state index contributed by atoms with van der Waals surface area (Å²) < 4.78 is 42.4. The van der Waals surface area contributed by atoms with Gasteiger partial charge in [0.05, 0.1) is 17.3 Å². The Kier molecular flexibility index (Phi) is 5.38. The Balaban J connectivity index is 1.66. The van der Waals surface area contributed by atoms with E-state index >= 15 is 0 Å². The predicted molar refractivity (Wildman–Crippen MR) is 123 cm³/mol. The van der Waals surface area contributed by atoms with Crippen LogP contribution in [0.3, 0.4) is 0 Å². The first-order valence-corrected chi connectivity index (χ1v) is 10.5. The molecule has 0 atom stereocenters. The van der Waals surface area contributed by atoms with E-state index in [9.17, 15) is 13.2 Å². The number of benzene rings is 2. The van der Waals surface area contributed by atoms with E-state index in [0.717, 1.165) is 29.1 Å². The molecule has 33 heavy (non-hydrogen) atoms. The van der Waals surface area contributed by atoms with Crippen LogP contribution in [0.25, 0.3) is 27.6 Å². The van der Waals surface area contributed by atoms with Gasteiger partial charge >= 0.3 is 6.18 Å². The van der Waals surface area contributed by atoms with Crippen LogP contribution in [0.4, 0.5) is 24.7 Å². The first-order valence-electron chi connectivity index (χ1n) is 10.5. The highest BCUT2D eigenvalue weighted by Crippen LogP contribution is 2.44. The molecule has 167 valence electrons. The lowest BCUT2D eigenvalue weighted by molar-refractivity contribution is -0.137. The number of anilines is 2. The average molecular weight is 448 g/mol. The van der Waals surface area contributed by atoms with Crippen molar-refractivity contribution in [2.75, 3.05) is 25.5 Å². The smallest absolute Gasteiger partial charge is 0.340 e. The minimum Gasteiger partial charge on any atom is -0.340 e. The number of aromatic nitrogens is 3. The molecule has 2 aromatic heterocycles. The Hall–Kier alpha value is -3.65. The lowest BCUT2D eigenvalue weighted by atomic mass is 9.88. The third-order valence-electron chi connectivity index (χ3n) is 5.84. The van der Waals surface area contributed by atoms with Gasteiger partial charge in [0.25, 0.3) is 0 Å². The molecule has 4 aromatic rings. The number of pyridine rings is 1. The summed E-state index contributed by atoms with van der Waals surface area (Å²) in [7, 11) is 1.99. The number of hydrogen-bond donors (Lipinski definition) is 2. The highest BCUT2D eigenvalue weighted by Gasteiger charge is 2.36. The molecule has 5 nitrogen and oxygen atoms in total. The van der Waals surface area contributed by atoms with E-state index in [2.05, 4.69) is 31.5 Å². The van der Waals surface area contributed by atoms with Crippen molar-refractivity contribution in [3.8, 4) is 11.1 Å². The van der Waals surface area contributed by atoms with Crippen molar-refractivity contribution < 1.29 is 13.2 Å². The van der Waals surface area contributed by atoms with Gasteiger partial charge in [0.1, 0.15) is 5.82 Å². The molecule has 1 radical (unpaired) electrons. The molecule has 3 heterocycles. The summed E-state index contributed by atoms with van der Waals surface area (Å²) >= 11 is 0. The fraction of sp³-hybridized carbons (Fsp3) is 0.200. The number of halogens is 3. The van der Waals surface area contributed by atoms with E-state index in [1.165, 1.54) is 0 Å². The molecule has 0 amide bonds. The van der Waals surface area contributed by atoms with Crippen LogP contribution in [0.5, 0.6) is 0 Å². The fourth-order valence-electron chi connectivity index (χ4n) is 4.14. The molecule has 0 saturated carbocycles. The van der Waals surface area contributed by atoms with Crippen LogP contribution in [-0.4, -0.2) is 40.2 Å². The summed E-state index contributed by atoms with van der Waals surface area (Å²) in [5.74, 6) is 0.350. The van der Waals surface area contributed by atoms with Gasteiger partial charge in [0.15, 0.2) is 0 Å². The van der Waals surface area contributed by atoms with Crippen molar-refractivity contribution in [2.45, 2.75) is 12.6 Å². The molecule has 0 unspecified atom stereocenters. The second-order valence-electron chi connectivity index (χ2n) is 8.09. The lowest BCUT2D eigenvalue weighted by Crippen LogP contribution is -2.24. The highest BCUT2D eigenvalue weighted by atomic mass is 19.4. The monoisotopic (exact) mass is 448 g/mol. The maximum Gasteiger partial charge on any atom is 0.417 e. The first kappa shape index (κ1) is 21.2. The van der Waals surface area contributed by atoms with E-state index in [-0.39, 0.29) is 5.56 Å². The average Bonchev–Trinajstić information content (AvgIpc) is 3.27. The van der Waals surface area contributed by atoms with E-state index in [0.29, 0.717) is 35.6 Å². The molecule has 5 rings (SSSR count). The van der Waals surface area contributed by atoms with Crippen molar-refractivity contribution in [2.24, 2.45) is 0 Å². The number of hydrogen-bond acceptors (Lipinski definition) is 4. The van der Waals surface area contributed by atoms with Crippen molar-refractivity contribution >= 4 is 28.0 Å². The predicted octanol–water partition coefficient (Wildman–Crippen LogP) is 5.91. The van der Waals surface area contributed by atoms with Crippen molar-refractivity contribution in [1.29, 1.82) is 0 Å². The minimum absolute atomic E-state index is 0.121. The van der Waals surface area contributed by atoms with Gasteiger partial charge in [0.2, 0.25) is 0 Å². The van der Waals surface area contributed by atoms with E-state index < -0.39 is 11.7 Å². The number of fused-ring (bicyclic) bond motifs is 1. The number of aromatic amines is 1. The van der Waals surface area contributed by atoms with Crippen molar-refractivity contribution in [3.05, 3.63) is 78.1 Å². The number of nitrogens with zero attached hydrogens (tertiary/aromatic N) is 3. The quantitative estimate of drug-likeness (QED) is 0.408. The molecule has 1 aliphatic rings. The summed E-state index contributed by atoms with van der Waals surface area (Å²) in [6.45, 7) is 1.47. The van der Waals surface area contributed by atoms with Gasteiger partial charge in [-0.05, 0) is 73.1 Å².